The van der Waals surface area contributed by atoms with Crippen LogP contribution in [-0.4, -0.2) is 6.18 Å². The molecule has 1 atom stereocenters. The second kappa shape index (κ2) is 3.94. The standard InChI is InChI=1S/C8H5ClF5N/c9-6-4(11)2-1-3(10)5(6)7(15)8(12,13)14/h1-2,7H,15H2/t7-/m0/s1. The van der Waals surface area contributed by atoms with Crippen LogP contribution < -0.4 is 5.73 Å². The molecule has 0 unspecified atom stereocenters. The van der Waals surface area contributed by atoms with Gasteiger partial charge in [0, 0.05) is 5.56 Å². The lowest BCUT2D eigenvalue weighted by Crippen LogP contribution is -2.29. The van der Waals surface area contributed by atoms with Crippen molar-refractivity contribution in [2.45, 2.75) is 12.2 Å². The van der Waals surface area contributed by atoms with Crippen molar-refractivity contribution in [3.05, 3.63) is 34.4 Å². The monoisotopic (exact) mass is 245 g/mol. The van der Waals surface area contributed by atoms with Gasteiger partial charge in [0.05, 0.1) is 5.02 Å². The van der Waals surface area contributed by atoms with Crippen LogP contribution in [0, 0.1) is 11.6 Å². The van der Waals surface area contributed by atoms with Gasteiger partial charge < -0.3 is 5.73 Å². The zero-order valence-corrected chi connectivity index (χ0v) is 7.83. The molecule has 1 rings (SSSR count). The van der Waals surface area contributed by atoms with Crippen molar-refractivity contribution in [1.82, 2.24) is 0 Å². The van der Waals surface area contributed by atoms with E-state index in [4.69, 9.17) is 17.3 Å². The fraction of sp³-hybridized carbons (Fsp3) is 0.250. The summed E-state index contributed by atoms with van der Waals surface area (Å²) in [6.45, 7) is 0. The molecule has 0 saturated heterocycles. The van der Waals surface area contributed by atoms with Gasteiger partial charge in [-0.15, -0.1) is 0 Å². The summed E-state index contributed by atoms with van der Waals surface area (Å²) in [4.78, 5) is 0. The Morgan fingerprint density at radius 1 is 1.13 bits per heavy atom. The first-order chi connectivity index (χ1) is 6.75. The van der Waals surface area contributed by atoms with E-state index in [-0.39, 0.29) is 0 Å². The minimum Gasteiger partial charge on any atom is -0.316 e. The van der Waals surface area contributed by atoms with E-state index in [1.165, 1.54) is 0 Å². The van der Waals surface area contributed by atoms with Crippen molar-refractivity contribution in [1.29, 1.82) is 0 Å². The number of nitrogens with two attached hydrogens (primary N) is 1. The summed E-state index contributed by atoms with van der Waals surface area (Å²) >= 11 is 5.20. The van der Waals surface area contributed by atoms with Crippen LogP contribution in [0.2, 0.25) is 5.02 Å². The maximum Gasteiger partial charge on any atom is 0.407 e. The van der Waals surface area contributed by atoms with Crippen LogP contribution in [0.3, 0.4) is 0 Å². The molecule has 15 heavy (non-hydrogen) atoms. The maximum atomic E-state index is 13.0. The first-order valence-corrected chi connectivity index (χ1v) is 4.08. The molecule has 0 amide bonds. The first kappa shape index (κ1) is 12.2. The van der Waals surface area contributed by atoms with Crippen LogP contribution in [0.15, 0.2) is 12.1 Å². The molecule has 0 heterocycles. The zero-order chi connectivity index (χ0) is 11.8. The average Bonchev–Trinajstić information content (AvgIpc) is 2.10. The number of alkyl halides is 3. The topological polar surface area (TPSA) is 26.0 Å². The second-order valence-corrected chi connectivity index (χ2v) is 3.15. The third-order valence-corrected chi connectivity index (χ3v) is 2.13. The van der Waals surface area contributed by atoms with Crippen molar-refractivity contribution in [2.75, 3.05) is 0 Å². The molecule has 0 aliphatic heterocycles. The van der Waals surface area contributed by atoms with E-state index >= 15 is 0 Å². The van der Waals surface area contributed by atoms with Crippen LogP contribution in [0.5, 0.6) is 0 Å². The van der Waals surface area contributed by atoms with Gasteiger partial charge in [-0.05, 0) is 12.1 Å². The highest BCUT2D eigenvalue weighted by Crippen LogP contribution is 2.36. The van der Waals surface area contributed by atoms with E-state index in [9.17, 15) is 22.0 Å². The van der Waals surface area contributed by atoms with Crippen LogP contribution in [0.1, 0.15) is 11.6 Å². The van der Waals surface area contributed by atoms with Crippen LogP contribution in [0.25, 0.3) is 0 Å². The Labute approximate surface area is 86.6 Å². The van der Waals surface area contributed by atoms with Gasteiger partial charge in [-0.25, -0.2) is 8.78 Å². The number of halogens is 6. The molecule has 0 aromatic heterocycles. The summed E-state index contributed by atoms with van der Waals surface area (Å²) in [5.74, 6) is -2.43. The van der Waals surface area contributed by atoms with Gasteiger partial charge in [-0.1, -0.05) is 11.6 Å². The third-order valence-electron chi connectivity index (χ3n) is 1.74. The molecule has 0 saturated carbocycles. The van der Waals surface area contributed by atoms with Gasteiger partial charge in [-0.3, -0.25) is 0 Å². The minimum atomic E-state index is -4.88. The van der Waals surface area contributed by atoms with Crippen molar-refractivity contribution in [2.24, 2.45) is 5.73 Å². The number of hydrogen-bond acceptors (Lipinski definition) is 1. The van der Waals surface area contributed by atoms with Crippen molar-refractivity contribution >= 4 is 11.6 Å². The highest BCUT2D eigenvalue weighted by atomic mass is 35.5. The minimum absolute atomic E-state index is 0.544. The van der Waals surface area contributed by atoms with Crippen molar-refractivity contribution in [3.8, 4) is 0 Å². The molecule has 2 N–H and O–H groups in total. The van der Waals surface area contributed by atoms with E-state index < -0.39 is 34.4 Å². The number of benzene rings is 1. The summed E-state index contributed by atoms with van der Waals surface area (Å²) < 4.78 is 62.2. The Morgan fingerprint density at radius 2 is 1.60 bits per heavy atom. The molecular weight excluding hydrogens is 241 g/mol. The summed E-state index contributed by atoms with van der Waals surface area (Å²) in [6.07, 6.45) is -4.88. The Bertz CT molecular complexity index is 376. The zero-order valence-electron chi connectivity index (χ0n) is 7.08. The molecule has 84 valence electrons. The lowest BCUT2D eigenvalue weighted by atomic mass is 10.1. The van der Waals surface area contributed by atoms with Crippen molar-refractivity contribution < 1.29 is 22.0 Å². The van der Waals surface area contributed by atoms with Gasteiger partial charge in [0.1, 0.15) is 17.7 Å². The van der Waals surface area contributed by atoms with Crippen LogP contribution in [-0.2, 0) is 0 Å². The smallest absolute Gasteiger partial charge is 0.316 e. The molecule has 0 bridgehead atoms. The molecule has 7 heteroatoms. The highest BCUT2D eigenvalue weighted by molar-refractivity contribution is 6.31. The number of rotatable bonds is 1. The van der Waals surface area contributed by atoms with Gasteiger partial charge >= 0.3 is 6.18 Å². The third kappa shape index (κ3) is 2.38. The van der Waals surface area contributed by atoms with Crippen molar-refractivity contribution in [3.63, 3.8) is 0 Å². The molecule has 0 radical (unpaired) electrons. The van der Waals surface area contributed by atoms with E-state index in [0.29, 0.717) is 12.1 Å². The predicted molar refractivity (Wildman–Crippen MR) is 44.4 cm³/mol. The first-order valence-electron chi connectivity index (χ1n) is 3.71. The maximum absolute atomic E-state index is 13.0. The molecule has 1 aromatic rings. The van der Waals surface area contributed by atoms with Gasteiger partial charge in [0.2, 0.25) is 0 Å². The Morgan fingerprint density at radius 3 is 2.07 bits per heavy atom. The molecule has 1 aromatic carbocycles. The second-order valence-electron chi connectivity index (χ2n) is 2.78. The largest absolute Gasteiger partial charge is 0.407 e. The molecule has 1 nitrogen and oxygen atoms in total. The van der Waals surface area contributed by atoms with E-state index in [2.05, 4.69) is 0 Å². The molecule has 0 aliphatic rings. The lowest BCUT2D eigenvalue weighted by molar-refractivity contribution is -0.149. The highest BCUT2D eigenvalue weighted by Gasteiger charge is 2.41. The summed E-state index contributed by atoms with van der Waals surface area (Å²) in [6, 6.07) is -1.47. The SMILES string of the molecule is N[C@@H](c1c(F)ccc(F)c1Cl)C(F)(F)F. The normalized spacial score (nSPS) is 14.1. The summed E-state index contributed by atoms with van der Waals surface area (Å²) in [7, 11) is 0. The molecule has 0 spiro atoms. The van der Waals surface area contributed by atoms with E-state index in [1.54, 1.807) is 0 Å². The molecule has 0 fully saturated rings. The summed E-state index contributed by atoms with van der Waals surface area (Å²) in [5, 5.41) is -0.945. The Balaban J connectivity index is 3.31. The van der Waals surface area contributed by atoms with Gasteiger partial charge in [0.25, 0.3) is 0 Å². The fourth-order valence-electron chi connectivity index (χ4n) is 0.992. The van der Waals surface area contributed by atoms with Gasteiger partial charge in [-0.2, -0.15) is 13.2 Å². The molecule has 0 aliphatic carbocycles. The van der Waals surface area contributed by atoms with E-state index in [0.717, 1.165) is 0 Å². The Hall–Kier alpha value is -0.880. The quantitative estimate of drug-likeness (QED) is 0.597. The number of hydrogen-bond donors (Lipinski definition) is 1. The average molecular weight is 246 g/mol. The van der Waals surface area contributed by atoms with Gasteiger partial charge in [0.15, 0.2) is 0 Å². The van der Waals surface area contributed by atoms with Crippen LogP contribution >= 0.6 is 11.6 Å². The predicted octanol–water partition coefficient (Wildman–Crippen LogP) is 3.18. The molecular formula is C8H5ClF5N. The Kier molecular flexibility index (Phi) is 3.20. The fourth-order valence-corrected chi connectivity index (χ4v) is 1.26. The lowest BCUT2D eigenvalue weighted by Gasteiger charge is -2.17. The summed E-state index contributed by atoms with van der Waals surface area (Å²) in [5.41, 5.74) is 3.65. The van der Waals surface area contributed by atoms with E-state index in [1.807, 2.05) is 0 Å². The van der Waals surface area contributed by atoms with Crippen LogP contribution in [0.4, 0.5) is 22.0 Å².